The Morgan fingerprint density at radius 1 is 1.56 bits per heavy atom. The third kappa shape index (κ3) is 2.12. The zero-order valence-corrected chi connectivity index (χ0v) is 10.8. The van der Waals surface area contributed by atoms with Crippen LogP contribution < -0.4 is 4.90 Å². The van der Waals surface area contributed by atoms with E-state index >= 15 is 0 Å². The van der Waals surface area contributed by atoms with Crippen molar-refractivity contribution in [2.24, 2.45) is 0 Å². The Morgan fingerprint density at radius 2 is 2.31 bits per heavy atom. The van der Waals surface area contributed by atoms with Crippen molar-refractivity contribution in [1.82, 2.24) is 14.8 Å². The maximum Gasteiger partial charge on any atom is 0.226 e. The van der Waals surface area contributed by atoms with Crippen LogP contribution in [-0.2, 0) is 4.74 Å². The van der Waals surface area contributed by atoms with E-state index in [-0.39, 0.29) is 6.10 Å². The number of hydrogen-bond donors (Lipinski definition) is 1. The first-order valence-electron chi connectivity index (χ1n) is 5.63. The number of H-pyrrole nitrogens is 1. The normalized spacial score (nSPS) is 21.8. The van der Waals surface area contributed by atoms with Gasteiger partial charge >= 0.3 is 0 Å². The molecule has 1 aromatic rings. The molecule has 0 spiro atoms. The summed E-state index contributed by atoms with van der Waals surface area (Å²) in [6.45, 7) is 8.78. The van der Waals surface area contributed by atoms with E-state index in [9.17, 15) is 0 Å². The van der Waals surface area contributed by atoms with Crippen molar-refractivity contribution in [3.05, 3.63) is 4.77 Å². The van der Waals surface area contributed by atoms with E-state index in [0.717, 1.165) is 25.6 Å². The zero-order chi connectivity index (χ0) is 11.7. The molecule has 1 unspecified atom stereocenters. The first kappa shape index (κ1) is 11.6. The minimum absolute atomic E-state index is 0.250. The lowest BCUT2D eigenvalue weighted by atomic mass is 10.3. The highest BCUT2D eigenvalue weighted by Crippen LogP contribution is 2.19. The number of nitrogens with one attached hydrogen (secondary N) is 1. The highest BCUT2D eigenvalue weighted by atomic mass is 32.1. The number of ether oxygens (including phenoxy) is 1. The van der Waals surface area contributed by atoms with Gasteiger partial charge in [-0.25, -0.2) is 5.10 Å². The Balaban J connectivity index is 2.29. The van der Waals surface area contributed by atoms with E-state index in [1.165, 1.54) is 0 Å². The summed E-state index contributed by atoms with van der Waals surface area (Å²) in [5.41, 5.74) is 0. The Hall–Kier alpha value is -0.880. The molecule has 0 amide bonds. The number of morpholine rings is 1. The van der Waals surface area contributed by atoms with Gasteiger partial charge in [-0.3, -0.25) is 4.57 Å². The lowest BCUT2D eigenvalue weighted by molar-refractivity contribution is 0.0523. The molecule has 0 bridgehead atoms. The van der Waals surface area contributed by atoms with Gasteiger partial charge in [0.15, 0.2) is 4.77 Å². The highest BCUT2D eigenvalue weighted by molar-refractivity contribution is 7.71. The molecule has 0 aromatic carbocycles. The second-order valence-corrected chi connectivity index (χ2v) is 4.81. The quantitative estimate of drug-likeness (QED) is 0.803. The highest BCUT2D eigenvalue weighted by Gasteiger charge is 2.22. The van der Waals surface area contributed by atoms with Crippen LogP contribution >= 0.6 is 12.2 Å². The van der Waals surface area contributed by atoms with Crippen LogP contribution in [0, 0.1) is 4.77 Å². The van der Waals surface area contributed by atoms with Crippen molar-refractivity contribution >= 4 is 18.2 Å². The van der Waals surface area contributed by atoms with Gasteiger partial charge in [-0.05, 0) is 33.0 Å². The Bertz CT molecular complexity index is 411. The maximum absolute atomic E-state index is 5.52. The van der Waals surface area contributed by atoms with Crippen LogP contribution in [0.4, 0.5) is 5.95 Å². The molecule has 5 nitrogen and oxygen atoms in total. The summed E-state index contributed by atoms with van der Waals surface area (Å²) in [6.07, 6.45) is 0.250. The molecule has 0 saturated carbocycles. The second kappa shape index (κ2) is 4.55. The number of anilines is 1. The van der Waals surface area contributed by atoms with Crippen molar-refractivity contribution in [1.29, 1.82) is 0 Å². The van der Waals surface area contributed by atoms with Crippen LogP contribution in [-0.4, -0.2) is 40.6 Å². The van der Waals surface area contributed by atoms with E-state index in [4.69, 9.17) is 17.0 Å². The second-order valence-electron chi connectivity index (χ2n) is 4.42. The monoisotopic (exact) mass is 242 g/mol. The van der Waals surface area contributed by atoms with Gasteiger partial charge in [-0.15, -0.1) is 5.10 Å². The number of aromatic nitrogens is 3. The van der Waals surface area contributed by atoms with E-state index in [1.807, 2.05) is 4.57 Å². The molecule has 1 atom stereocenters. The van der Waals surface area contributed by atoms with E-state index in [2.05, 4.69) is 35.9 Å². The first-order chi connectivity index (χ1) is 7.59. The van der Waals surface area contributed by atoms with Crippen LogP contribution in [0.15, 0.2) is 0 Å². The lowest BCUT2D eigenvalue weighted by Crippen LogP contribution is -2.42. The summed E-state index contributed by atoms with van der Waals surface area (Å²) >= 11 is 5.23. The Kier molecular flexibility index (Phi) is 3.30. The van der Waals surface area contributed by atoms with Crippen LogP contribution in [0.3, 0.4) is 0 Å². The van der Waals surface area contributed by atoms with Gasteiger partial charge in [-0.2, -0.15) is 0 Å². The molecule has 6 heteroatoms. The fraction of sp³-hybridized carbons (Fsp3) is 0.800. The number of rotatable bonds is 2. The molecule has 90 valence electrons. The standard InChI is InChI=1S/C10H18N4OS/c1-7(2)14-9(11-12-10(14)16)13-4-5-15-8(3)6-13/h7-8H,4-6H2,1-3H3,(H,12,16). The SMILES string of the molecule is CC1CN(c2n[nH]c(=S)n2C(C)C)CCO1. The Labute approximate surface area is 100 Å². The summed E-state index contributed by atoms with van der Waals surface area (Å²) in [4.78, 5) is 2.22. The molecule has 1 fully saturated rings. The molecular weight excluding hydrogens is 224 g/mol. The molecule has 2 rings (SSSR count). The largest absolute Gasteiger partial charge is 0.375 e. The van der Waals surface area contributed by atoms with Crippen molar-refractivity contribution < 1.29 is 4.74 Å². The van der Waals surface area contributed by atoms with Crippen molar-refractivity contribution in [3.63, 3.8) is 0 Å². The minimum Gasteiger partial charge on any atom is -0.375 e. The van der Waals surface area contributed by atoms with Gasteiger partial charge in [0.05, 0.1) is 12.7 Å². The van der Waals surface area contributed by atoms with Crippen molar-refractivity contribution in [2.75, 3.05) is 24.6 Å². The predicted molar refractivity (Wildman–Crippen MR) is 65.4 cm³/mol. The molecule has 1 aliphatic heterocycles. The minimum atomic E-state index is 0.250. The van der Waals surface area contributed by atoms with Crippen molar-refractivity contribution in [3.8, 4) is 0 Å². The molecule has 0 aliphatic carbocycles. The molecule has 0 radical (unpaired) electrons. The fourth-order valence-electron chi connectivity index (χ4n) is 1.98. The van der Waals surface area contributed by atoms with Crippen LogP contribution in [0.5, 0.6) is 0 Å². The van der Waals surface area contributed by atoms with E-state index in [1.54, 1.807) is 0 Å². The van der Waals surface area contributed by atoms with Gasteiger partial charge in [0.1, 0.15) is 0 Å². The smallest absolute Gasteiger partial charge is 0.226 e. The van der Waals surface area contributed by atoms with Crippen LogP contribution in [0.2, 0.25) is 0 Å². The predicted octanol–water partition coefficient (Wildman–Crippen LogP) is 1.75. The molecule has 1 saturated heterocycles. The molecule has 1 aromatic heterocycles. The molecule has 1 aliphatic rings. The summed E-state index contributed by atoms with van der Waals surface area (Å²) in [7, 11) is 0. The van der Waals surface area contributed by atoms with Gasteiger partial charge in [0.25, 0.3) is 0 Å². The third-order valence-electron chi connectivity index (χ3n) is 2.73. The number of aromatic amines is 1. The molecular formula is C10H18N4OS. The summed E-state index contributed by atoms with van der Waals surface area (Å²) in [5, 5.41) is 7.18. The van der Waals surface area contributed by atoms with Crippen molar-refractivity contribution in [2.45, 2.75) is 32.9 Å². The topological polar surface area (TPSA) is 46.1 Å². The molecule has 16 heavy (non-hydrogen) atoms. The van der Waals surface area contributed by atoms with E-state index in [0.29, 0.717) is 10.8 Å². The Morgan fingerprint density at radius 3 is 2.94 bits per heavy atom. The summed E-state index contributed by atoms with van der Waals surface area (Å²) < 4.78 is 8.26. The van der Waals surface area contributed by atoms with E-state index < -0.39 is 0 Å². The maximum atomic E-state index is 5.52. The summed E-state index contributed by atoms with van der Waals surface area (Å²) in [6, 6.07) is 0.319. The van der Waals surface area contributed by atoms with Crippen LogP contribution in [0.1, 0.15) is 26.8 Å². The van der Waals surface area contributed by atoms with Crippen LogP contribution in [0.25, 0.3) is 0 Å². The molecule has 2 heterocycles. The summed E-state index contributed by atoms with van der Waals surface area (Å²) in [5.74, 6) is 0.926. The van der Waals surface area contributed by atoms with Gasteiger partial charge < -0.3 is 9.64 Å². The number of nitrogens with zero attached hydrogens (tertiary/aromatic N) is 3. The van der Waals surface area contributed by atoms with Gasteiger partial charge in [0, 0.05) is 19.1 Å². The average Bonchev–Trinajstić information content (AvgIpc) is 2.60. The van der Waals surface area contributed by atoms with Gasteiger partial charge in [-0.1, -0.05) is 0 Å². The zero-order valence-electron chi connectivity index (χ0n) is 9.93. The lowest BCUT2D eigenvalue weighted by Gasteiger charge is -2.32. The molecule has 1 N–H and O–H groups in total. The first-order valence-corrected chi connectivity index (χ1v) is 6.04. The average molecular weight is 242 g/mol. The van der Waals surface area contributed by atoms with Gasteiger partial charge in [0.2, 0.25) is 5.95 Å². The fourth-order valence-corrected chi connectivity index (χ4v) is 2.32. The third-order valence-corrected chi connectivity index (χ3v) is 3.01. The number of hydrogen-bond acceptors (Lipinski definition) is 4.